The highest BCUT2D eigenvalue weighted by Crippen LogP contribution is 2.32. The van der Waals surface area contributed by atoms with Gasteiger partial charge in [0.2, 0.25) is 0 Å². The van der Waals surface area contributed by atoms with E-state index in [-0.39, 0.29) is 11.6 Å². The van der Waals surface area contributed by atoms with E-state index in [4.69, 9.17) is 10.5 Å². The van der Waals surface area contributed by atoms with Gasteiger partial charge in [-0.3, -0.25) is 0 Å². The van der Waals surface area contributed by atoms with Crippen molar-refractivity contribution in [1.29, 1.82) is 0 Å². The molecule has 1 aromatic rings. The summed E-state index contributed by atoms with van der Waals surface area (Å²) in [6, 6.07) is 3.04. The zero-order chi connectivity index (χ0) is 11.6. The van der Waals surface area contributed by atoms with Crippen LogP contribution in [0.1, 0.15) is 19.4 Å². The summed E-state index contributed by atoms with van der Waals surface area (Å²) in [5.74, 6) is -0.0946. The number of halogens is 2. The Balaban J connectivity index is 3.20. The lowest BCUT2D eigenvalue weighted by Gasteiger charge is -2.21. The second kappa shape index (κ2) is 4.49. The lowest BCUT2D eigenvalue weighted by atomic mass is 9.95. The van der Waals surface area contributed by atoms with Gasteiger partial charge in [0.05, 0.1) is 7.11 Å². The van der Waals surface area contributed by atoms with E-state index in [2.05, 4.69) is 15.9 Å². The maximum atomic E-state index is 13.4. The second-order valence-corrected chi connectivity index (χ2v) is 5.06. The summed E-state index contributed by atoms with van der Waals surface area (Å²) < 4.78 is 19.3. The number of rotatable bonds is 3. The molecule has 0 fully saturated rings. The number of nitrogens with two attached hydrogens (primary N) is 1. The summed E-state index contributed by atoms with van der Waals surface area (Å²) in [4.78, 5) is 0. The van der Waals surface area contributed by atoms with Gasteiger partial charge in [-0.05, 0) is 32.4 Å². The van der Waals surface area contributed by atoms with E-state index in [0.29, 0.717) is 6.42 Å². The van der Waals surface area contributed by atoms with Crippen LogP contribution in [0.3, 0.4) is 0 Å². The number of hydrogen-bond donors (Lipinski definition) is 1. The van der Waals surface area contributed by atoms with Gasteiger partial charge in [0, 0.05) is 15.6 Å². The van der Waals surface area contributed by atoms with Crippen molar-refractivity contribution in [3.8, 4) is 5.75 Å². The molecule has 4 heteroatoms. The predicted octanol–water partition coefficient (Wildman–Crippen LogP) is 2.88. The maximum Gasteiger partial charge on any atom is 0.165 e. The summed E-state index contributed by atoms with van der Waals surface area (Å²) in [6.45, 7) is 3.79. The van der Waals surface area contributed by atoms with Gasteiger partial charge in [0.1, 0.15) is 0 Å². The fraction of sp³-hybridized carbons (Fsp3) is 0.455. The number of ether oxygens (including phenoxy) is 1. The van der Waals surface area contributed by atoms with E-state index < -0.39 is 5.54 Å². The summed E-state index contributed by atoms with van der Waals surface area (Å²) in [6.07, 6.45) is 0.550. The Labute approximate surface area is 97.7 Å². The van der Waals surface area contributed by atoms with Crippen LogP contribution in [0.15, 0.2) is 16.6 Å². The molecule has 0 heterocycles. The standard InChI is InChI=1S/C11H15BrFNO/c1-11(2,14)6-7-8(12)4-5-9(13)10(7)15-3/h4-5H,6,14H2,1-3H3. The molecule has 15 heavy (non-hydrogen) atoms. The summed E-state index contributed by atoms with van der Waals surface area (Å²) in [7, 11) is 1.46. The van der Waals surface area contributed by atoms with Crippen LogP contribution in [0.2, 0.25) is 0 Å². The molecule has 0 saturated carbocycles. The van der Waals surface area contributed by atoms with Crippen molar-refractivity contribution in [1.82, 2.24) is 0 Å². The van der Waals surface area contributed by atoms with E-state index in [9.17, 15) is 4.39 Å². The Hall–Kier alpha value is -0.610. The fourth-order valence-electron chi connectivity index (χ4n) is 1.42. The molecule has 0 aliphatic rings. The molecule has 2 nitrogen and oxygen atoms in total. The van der Waals surface area contributed by atoms with E-state index in [1.807, 2.05) is 13.8 Å². The summed E-state index contributed by atoms with van der Waals surface area (Å²) in [5.41, 5.74) is 6.28. The van der Waals surface area contributed by atoms with Crippen molar-refractivity contribution in [3.05, 3.63) is 28.0 Å². The minimum absolute atomic E-state index is 0.267. The van der Waals surface area contributed by atoms with Crippen LogP contribution >= 0.6 is 15.9 Å². The molecule has 84 valence electrons. The fourth-order valence-corrected chi connectivity index (χ4v) is 1.87. The minimum Gasteiger partial charge on any atom is -0.493 e. The smallest absolute Gasteiger partial charge is 0.165 e. The van der Waals surface area contributed by atoms with Gasteiger partial charge >= 0.3 is 0 Å². The van der Waals surface area contributed by atoms with Crippen molar-refractivity contribution < 1.29 is 9.13 Å². The van der Waals surface area contributed by atoms with Gasteiger partial charge in [-0.25, -0.2) is 4.39 Å². The van der Waals surface area contributed by atoms with E-state index in [0.717, 1.165) is 10.0 Å². The van der Waals surface area contributed by atoms with E-state index >= 15 is 0 Å². The Morgan fingerprint density at radius 3 is 2.53 bits per heavy atom. The molecule has 0 saturated heterocycles. The molecule has 0 unspecified atom stereocenters. The van der Waals surface area contributed by atoms with Gasteiger partial charge in [-0.2, -0.15) is 0 Å². The molecule has 2 N–H and O–H groups in total. The second-order valence-electron chi connectivity index (χ2n) is 4.21. The monoisotopic (exact) mass is 275 g/mol. The molecule has 0 spiro atoms. The first-order valence-electron chi connectivity index (χ1n) is 4.65. The lowest BCUT2D eigenvalue weighted by molar-refractivity contribution is 0.375. The SMILES string of the molecule is COc1c(F)ccc(Br)c1CC(C)(C)N. The molecule has 0 aromatic heterocycles. The first kappa shape index (κ1) is 12.5. The zero-order valence-corrected chi connectivity index (χ0v) is 10.7. The van der Waals surface area contributed by atoms with Crippen LogP contribution in [0.25, 0.3) is 0 Å². The predicted molar refractivity (Wildman–Crippen MR) is 62.6 cm³/mol. The van der Waals surface area contributed by atoms with Gasteiger partial charge in [-0.1, -0.05) is 15.9 Å². The molecule has 0 aliphatic carbocycles. The zero-order valence-electron chi connectivity index (χ0n) is 9.10. The van der Waals surface area contributed by atoms with Crippen molar-refractivity contribution in [2.45, 2.75) is 25.8 Å². The van der Waals surface area contributed by atoms with Crippen molar-refractivity contribution >= 4 is 15.9 Å². The van der Waals surface area contributed by atoms with Gasteiger partial charge in [0.25, 0.3) is 0 Å². The molecule has 0 bridgehead atoms. The number of methoxy groups -OCH3 is 1. The van der Waals surface area contributed by atoms with E-state index in [1.165, 1.54) is 13.2 Å². The molecule has 0 radical (unpaired) electrons. The van der Waals surface area contributed by atoms with Crippen LogP contribution in [0.4, 0.5) is 4.39 Å². The van der Waals surface area contributed by atoms with Crippen LogP contribution in [-0.2, 0) is 6.42 Å². The largest absolute Gasteiger partial charge is 0.493 e. The third kappa shape index (κ3) is 3.18. The number of benzene rings is 1. The maximum absolute atomic E-state index is 13.4. The highest BCUT2D eigenvalue weighted by molar-refractivity contribution is 9.10. The molecular weight excluding hydrogens is 261 g/mol. The Morgan fingerprint density at radius 1 is 1.47 bits per heavy atom. The first-order chi connectivity index (χ1) is 6.85. The Kier molecular flexibility index (Phi) is 3.73. The Bertz CT molecular complexity index is 360. The van der Waals surface area contributed by atoms with Crippen molar-refractivity contribution in [2.75, 3.05) is 7.11 Å². The quantitative estimate of drug-likeness (QED) is 0.921. The normalized spacial score (nSPS) is 11.6. The molecule has 1 rings (SSSR count). The summed E-state index contributed by atoms with van der Waals surface area (Å²) in [5, 5.41) is 0. The highest BCUT2D eigenvalue weighted by atomic mass is 79.9. The van der Waals surface area contributed by atoms with Crippen molar-refractivity contribution in [3.63, 3.8) is 0 Å². The van der Waals surface area contributed by atoms with Crippen molar-refractivity contribution in [2.24, 2.45) is 5.73 Å². The van der Waals surface area contributed by atoms with Gasteiger partial charge < -0.3 is 10.5 Å². The number of hydrogen-bond acceptors (Lipinski definition) is 2. The van der Waals surface area contributed by atoms with Gasteiger partial charge in [-0.15, -0.1) is 0 Å². The van der Waals surface area contributed by atoms with E-state index in [1.54, 1.807) is 6.07 Å². The minimum atomic E-state index is -0.399. The van der Waals surface area contributed by atoms with Crippen LogP contribution in [0.5, 0.6) is 5.75 Å². The topological polar surface area (TPSA) is 35.2 Å². The van der Waals surface area contributed by atoms with Gasteiger partial charge in [0.15, 0.2) is 11.6 Å². The van der Waals surface area contributed by atoms with Crippen LogP contribution in [0, 0.1) is 5.82 Å². The van der Waals surface area contributed by atoms with Crippen LogP contribution < -0.4 is 10.5 Å². The molecule has 0 aliphatic heterocycles. The third-order valence-corrected chi connectivity index (χ3v) is 2.73. The van der Waals surface area contributed by atoms with Crippen LogP contribution in [-0.4, -0.2) is 12.6 Å². The molecule has 0 atom stereocenters. The summed E-state index contributed by atoms with van der Waals surface area (Å²) >= 11 is 3.37. The highest BCUT2D eigenvalue weighted by Gasteiger charge is 2.19. The molecule has 0 amide bonds. The lowest BCUT2D eigenvalue weighted by Crippen LogP contribution is -2.34. The average molecular weight is 276 g/mol. The first-order valence-corrected chi connectivity index (χ1v) is 5.44. The molecular formula is C11H15BrFNO. The molecule has 1 aromatic carbocycles. The Morgan fingerprint density at radius 2 is 2.07 bits per heavy atom. The third-order valence-electron chi connectivity index (χ3n) is 1.99. The average Bonchev–Trinajstić information content (AvgIpc) is 2.10.